The van der Waals surface area contributed by atoms with Gasteiger partial charge in [0.15, 0.2) is 0 Å². The van der Waals surface area contributed by atoms with Gasteiger partial charge in [-0.15, -0.1) is 0 Å². The fraction of sp³-hybridized carbons (Fsp3) is 0.462. The lowest BCUT2D eigenvalue weighted by Crippen LogP contribution is -2.35. The number of nitrogens with one attached hydrogen (secondary N) is 2. The quantitative estimate of drug-likeness (QED) is 0.747. The maximum absolute atomic E-state index is 12.2. The molecule has 0 atom stereocenters. The molecule has 0 aromatic carbocycles. The minimum absolute atomic E-state index is 0.157. The van der Waals surface area contributed by atoms with Gasteiger partial charge in [0.25, 0.3) is 11.5 Å². The number of hydrogen-bond acceptors (Lipinski definition) is 5. The number of amides is 1. The fourth-order valence-electron chi connectivity index (χ4n) is 2.01. The zero-order valence-corrected chi connectivity index (χ0v) is 12.3. The van der Waals surface area contributed by atoms with Gasteiger partial charge in [0.1, 0.15) is 17.7 Å². The molecule has 2 aromatic heterocycles. The summed E-state index contributed by atoms with van der Waals surface area (Å²) in [6.45, 7) is 3.96. The molecule has 0 fully saturated rings. The second-order valence-corrected chi connectivity index (χ2v) is 4.81. The molecule has 2 aromatic rings. The Morgan fingerprint density at radius 3 is 2.86 bits per heavy atom. The van der Waals surface area contributed by atoms with Crippen LogP contribution in [0.4, 0.5) is 0 Å². The number of hydrogen-bond donors (Lipinski definition) is 2. The monoisotopic (exact) mass is 290 g/mol. The topological polar surface area (TPSA) is 106 Å². The van der Waals surface area contributed by atoms with Crippen LogP contribution < -0.4 is 10.9 Å². The first-order chi connectivity index (χ1) is 10.0. The number of carbonyl (C=O) groups is 1. The molecule has 0 radical (unpaired) electrons. The Morgan fingerprint density at radius 1 is 1.43 bits per heavy atom. The summed E-state index contributed by atoms with van der Waals surface area (Å²) in [5, 5.41) is 13.3. The SMILES string of the molecule is Cc1nn(C)c(=O)c(C(=O)NCCCc2ncn[nH]2)c1C. The van der Waals surface area contributed by atoms with E-state index < -0.39 is 0 Å². The summed E-state index contributed by atoms with van der Waals surface area (Å²) in [6, 6.07) is 0. The second-order valence-electron chi connectivity index (χ2n) is 4.81. The Bertz CT molecular complexity index is 689. The van der Waals surface area contributed by atoms with E-state index in [-0.39, 0.29) is 17.0 Å². The Hall–Kier alpha value is -2.51. The van der Waals surface area contributed by atoms with Gasteiger partial charge in [0.05, 0.1) is 5.69 Å². The van der Waals surface area contributed by atoms with Gasteiger partial charge in [-0.05, 0) is 25.8 Å². The number of rotatable bonds is 5. The van der Waals surface area contributed by atoms with Crippen molar-refractivity contribution in [3.8, 4) is 0 Å². The number of aromatic nitrogens is 5. The van der Waals surface area contributed by atoms with Crippen molar-refractivity contribution in [1.82, 2.24) is 30.3 Å². The van der Waals surface area contributed by atoms with Crippen LogP contribution >= 0.6 is 0 Å². The third-order valence-corrected chi connectivity index (χ3v) is 3.29. The van der Waals surface area contributed by atoms with Crippen molar-refractivity contribution in [3.05, 3.63) is 39.3 Å². The Kier molecular flexibility index (Phi) is 4.46. The van der Waals surface area contributed by atoms with Crippen LogP contribution in [0.5, 0.6) is 0 Å². The van der Waals surface area contributed by atoms with Crippen molar-refractivity contribution >= 4 is 5.91 Å². The third-order valence-electron chi connectivity index (χ3n) is 3.29. The average molecular weight is 290 g/mol. The second kappa shape index (κ2) is 6.29. The molecule has 8 nitrogen and oxygen atoms in total. The highest BCUT2D eigenvalue weighted by atomic mass is 16.2. The van der Waals surface area contributed by atoms with Crippen molar-refractivity contribution in [2.24, 2.45) is 7.05 Å². The molecule has 0 spiro atoms. The summed E-state index contributed by atoms with van der Waals surface area (Å²) in [5.41, 5.74) is 1.06. The van der Waals surface area contributed by atoms with E-state index in [1.165, 1.54) is 18.1 Å². The molecule has 1 amide bonds. The van der Waals surface area contributed by atoms with E-state index in [1.54, 1.807) is 13.8 Å². The third kappa shape index (κ3) is 3.33. The van der Waals surface area contributed by atoms with Crippen molar-refractivity contribution in [3.63, 3.8) is 0 Å². The van der Waals surface area contributed by atoms with Crippen LogP contribution in [0.2, 0.25) is 0 Å². The summed E-state index contributed by atoms with van der Waals surface area (Å²) in [7, 11) is 1.54. The van der Waals surface area contributed by atoms with Gasteiger partial charge < -0.3 is 5.32 Å². The van der Waals surface area contributed by atoms with E-state index in [0.29, 0.717) is 30.6 Å². The molecule has 2 N–H and O–H groups in total. The van der Waals surface area contributed by atoms with Crippen LogP contribution in [0.15, 0.2) is 11.1 Å². The van der Waals surface area contributed by atoms with Gasteiger partial charge in [-0.3, -0.25) is 14.7 Å². The molecule has 0 aliphatic heterocycles. The molecule has 2 heterocycles. The summed E-state index contributed by atoms with van der Waals surface area (Å²) < 4.78 is 1.19. The first-order valence-electron chi connectivity index (χ1n) is 6.67. The van der Waals surface area contributed by atoms with Crippen LogP contribution in [0, 0.1) is 13.8 Å². The van der Waals surface area contributed by atoms with Crippen LogP contribution in [-0.2, 0) is 13.5 Å². The standard InChI is InChI=1S/C13H18N6O2/c1-8-9(2)18-19(3)13(21)11(8)12(20)14-6-4-5-10-15-7-16-17-10/h7H,4-6H2,1-3H3,(H,14,20)(H,15,16,17). The maximum Gasteiger partial charge on any atom is 0.279 e. The molecule has 0 bridgehead atoms. The van der Waals surface area contributed by atoms with Crippen molar-refractivity contribution in [2.75, 3.05) is 6.54 Å². The first-order valence-corrected chi connectivity index (χ1v) is 6.67. The Labute approximate surface area is 121 Å². The molecule has 0 aliphatic carbocycles. The number of carbonyl (C=O) groups excluding carboxylic acids is 1. The van der Waals surface area contributed by atoms with Gasteiger partial charge in [-0.25, -0.2) is 9.67 Å². The summed E-state index contributed by atoms with van der Waals surface area (Å²) in [5.74, 6) is 0.410. The first kappa shape index (κ1) is 14.9. The van der Waals surface area contributed by atoms with E-state index in [0.717, 1.165) is 5.82 Å². The number of aryl methyl sites for hydroxylation is 3. The van der Waals surface area contributed by atoms with E-state index in [4.69, 9.17) is 0 Å². The van der Waals surface area contributed by atoms with Crippen molar-refractivity contribution in [2.45, 2.75) is 26.7 Å². The lowest BCUT2D eigenvalue weighted by molar-refractivity contribution is 0.0950. The zero-order valence-electron chi connectivity index (χ0n) is 12.3. The maximum atomic E-state index is 12.2. The number of H-pyrrole nitrogens is 1. The normalized spacial score (nSPS) is 10.6. The molecular formula is C13H18N6O2. The molecule has 0 unspecified atom stereocenters. The summed E-state index contributed by atoms with van der Waals surface area (Å²) >= 11 is 0. The minimum Gasteiger partial charge on any atom is -0.352 e. The predicted octanol–water partition coefficient (Wildman–Crippen LogP) is -0.122. The molecule has 21 heavy (non-hydrogen) atoms. The van der Waals surface area contributed by atoms with E-state index in [2.05, 4.69) is 25.6 Å². The average Bonchev–Trinajstić information content (AvgIpc) is 2.95. The molecule has 0 saturated heterocycles. The molecule has 0 aliphatic rings. The van der Waals surface area contributed by atoms with Gasteiger partial charge in [0, 0.05) is 20.0 Å². The van der Waals surface area contributed by atoms with Crippen LogP contribution in [-0.4, -0.2) is 37.4 Å². The van der Waals surface area contributed by atoms with Gasteiger partial charge >= 0.3 is 0 Å². The minimum atomic E-state index is -0.383. The molecule has 112 valence electrons. The summed E-state index contributed by atoms with van der Waals surface area (Å²) in [4.78, 5) is 28.2. The van der Waals surface area contributed by atoms with Gasteiger partial charge in [0.2, 0.25) is 0 Å². The van der Waals surface area contributed by atoms with E-state index in [9.17, 15) is 9.59 Å². The van der Waals surface area contributed by atoms with E-state index >= 15 is 0 Å². The number of nitrogens with zero attached hydrogens (tertiary/aromatic N) is 4. The lowest BCUT2D eigenvalue weighted by Gasteiger charge is -2.10. The van der Waals surface area contributed by atoms with Crippen LogP contribution in [0.25, 0.3) is 0 Å². The summed E-state index contributed by atoms with van der Waals surface area (Å²) in [6.07, 6.45) is 2.84. The molecule has 0 saturated carbocycles. The lowest BCUT2D eigenvalue weighted by atomic mass is 10.1. The van der Waals surface area contributed by atoms with Gasteiger partial charge in [-0.2, -0.15) is 10.2 Å². The zero-order chi connectivity index (χ0) is 15.4. The number of aromatic amines is 1. The molecular weight excluding hydrogens is 272 g/mol. The van der Waals surface area contributed by atoms with Crippen molar-refractivity contribution in [1.29, 1.82) is 0 Å². The predicted molar refractivity (Wildman–Crippen MR) is 76.0 cm³/mol. The Balaban J connectivity index is 1.99. The smallest absolute Gasteiger partial charge is 0.279 e. The Morgan fingerprint density at radius 2 is 2.19 bits per heavy atom. The fourth-order valence-corrected chi connectivity index (χ4v) is 2.01. The van der Waals surface area contributed by atoms with Crippen molar-refractivity contribution < 1.29 is 4.79 Å². The molecule has 2 rings (SSSR count). The highest BCUT2D eigenvalue weighted by Crippen LogP contribution is 2.05. The highest BCUT2D eigenvalue weighted by Gasteiger charge is 2.17. The van der Waals surface area contributed by atoms with Crippen LogP contribution in [0.3, 0.4) is 0 Å². The van der Waals surface area contributed by atoms with Gasteiger partial charge in [-0.1, -0.05) is 0 Å². The highest BCUT2D eigenvalue weighted by molar-refractivity contribution is 5.95. The van der Waals surface area contributed by atoms with Crippen LogP contribution in [0.1, 0.15) is 33.9 Å². The largest absolute Gasteiger partial charge is 0.352 e. The molecule has 8 heteroatoms. The van der Waals surface area contributed by atoms with E-state index in [1.807, 2.05) is 0 Å².